The number of fused-ring (bicyclic) bond motifs is 1. The lowest BCUT2D eigenvalue weighted by atomic mass is 9.76. The van der Waals surface area contributed by atoms with Crippen LogP contribution in [-0.4, -0.2) is 85.6 Å². The van der Waals surface area contributed by atoms with Gasteiger partial charge in [-0.15, -0.1) is 0 Å². The highest BCUT2D eigenvalue weighted by atomic mass is 32.2. The van der Waals surface area contributed by atoms with Gasteiger partial charge in [0.05, 0.1) is 38.8 Å². The van der Waals surface area contributed by atoms with E-state index in [-0.39, 0.29) is 62.4 Å². The molecular weight excluding hydrogens is 636 g/mol. The Labute approximate surface area is 289 Å². The summed E-state index contributed by atoms with van der Waals surface area (Å²) in [6.45, 7) is 7.74. The number of carbonyl (C=O) groups excluding carboxylic acids is 1. The largest absolute Gasteiger partial charge is 0.467 e. The third-order valence-electron chi connectivity index (χ3n) is 10.1. The molecule has 0 aromatic heterocycles. The van der Waals surface area contributed by atoms with Crippen molar-refractivity contribution in [2.45, 2.75) is 116 Å². The normalized spacial score (nSPS) is 29.6. The van der Waals surface area contributed by atoms with E-state index >= 15 is 0 Å². The minimum absolute atomic E-state index is 0.0333. The maximum Gasteiger partial charge on any atom is 0.331 e. The van der Waals surface area contributed by atoms with Gasteiger partial charge in [0.2, 0.25) is 0 Å². The van der Waals surface area contributed by atoms with Crippen LogP contribution in [-0.2, 0) is 47.5 Å². The minimum Gasteiger partial charge on any atom is -0.467 e. The van der Waals surface area contributed by atoms with Crippen molar-refractivity contribution in [2.75, 3.05) is 46.4 Å². The van der Waals surface area contributed by atoms with E-state index in [0.717, 1.165) is 95.7 Å². The van der Waals surface area contributed by atoms with Gasteiger partial charge in [0.1, 0.15) is 6.61 Å². The zero-order valence-electron chi connectivity index (χ0n) is 29.8. The quantitative estimate of drug-likeness (QED) is 0.0842. The Morgan fingerprint density at radius 1 is 1.06 bits per heavy atom. The second-order valence-electron chi connectivity index (χ2n) is 14.2. The fourth-order valence-electron chi connectivity index (χ4n) is 7.91. The van der Waals surface area contributed by atoms with Gasteiger partial charge in [-0.05, 0) is 115 Å². The van der Waals surface area contributed by atoms with Crippen LogP contribution < -0.4 is 0 Å². The Balaban J connectivity index is 1.62. The predicted molar refractivity (Wildman–Crippen MR) is 183 cm³/mol. The van der Waals surface area contributed by atoms with E-state index in [1.165, 1.54) is 12.7 Å². The van der Waals surface area contributed by atoms with Gasteiger partial charge in [0.25, 0.3) is 10.1 Å². The lowest BCUT2D eigenvalue weighted by molar-refractivity contribution is -0.202. The first-order chi connectivity index (χ1) is 23.1. The predicted octanol–water partition coefficient (Wildman–Crippen LogP) is 6.50. The number of carbonyl (C=O) groups is 1. The Morgan fingerprint density at radius 2 is 1.79 bits per heavy atom. The molecule has 0 N–H and O–H groups in total. The Morgan fingerprint density at radius 3 is 2.42 bits per heavy atom. The van der Waals surface area contributed by atoms with Crippen LogP contribution in [0.4, 0.5) is 0 Å². The number of hydrogen-bond donors (Lipinski definition) is 0. The molecule has 274 valence electrons. The van der Waals surface area contributed by atoms with Crippen molar-refractivity contribution >= 4 is 16.1 Å². The first-order valence-corrected chi connectivity index (χ1v) is 19.9. The van der Waals surface area contributed by atoms with Crippen LogP contribution in [0, 0.1) is 29.6 Å². The molecule has 0 bridgehead atoms. The third-order valence-corrected chi connectivity index (χ3v) is 10.7. The smallest absolute Gasteiger partial charge is 0.331 e. The molecule has 48 heavy (non-hydrogen) atoms. The second-order valence-corrected chi connectivity index (χ2v) is 15.8. The Hall–Kier alpha value is -1.60. The molecule has 9 unspecified atom stereocenters. The summed E-state index contributed by atoms with van der Waals surface area (Å²) in [5, 5.41) is 0. The van der Waals surface area contributed by atoms with Crippen LogP contribution in [0.3, 0.4) is 0 Å². The van der Waals surface area contributed by atoms with Gasteiger partial charge >= 0.3 is 5.97 Å². The molecule has 1 saturated carbocycles. The molecule has 10 nitrogen and oxygen atoms in total. The van der Waals surface area contributed by atoms with Crippen molar-refractivity contribution in [1.82, 2.24) is 0 Å². The summed E-state index contributed by atoms with van der Waals surface area (Å²) in [5.74, 6) is 0.321. The van der Waals surface area contributed by atoms with Crippen molar-refractivity contribution in [2.24, 2.45) is 29.6 Å². The summed E-state index contributed by atoms with van der Waals surface area (Å²) in [6.07, 6.45) is 20.3. The highest BCUT2D eigenvalue weighted by Gasteiger charge is 2.50. The average Bonchev–Trinajstić information content (AvgIpc) is 3.60. The third kappa shape index (κ3) is 12.6. The number of rotatable bonds is 19. The highest BCUT2D eigenvalue weighted by molar-refractivity contribution is 7.85. The van der Waals surface area contributed by atoms with E-state index in [4.69, 9.17) is 32.6 Å². The van der Waals surface area contributed by atoms with Gasteiger partial charge < -0.3 is 28.4 Å². The molecule has 0 radical (unpaired) electrons. The van der Waals surface area contributed by atoms with E-state index in [2.05, 4.69) is 38.2 Å². The summed E-state index contributed by atoms with van der Waals surface area (Å²) >= 11 is 0. The standard InChI is InChI=1S/C37H60O10S/c1-6-12-31(46-35-15-7-9-17-43-35)20-27(14-11-13-26(2)3)37-32-21-28(19-29(32)22-33(37)47-36-16-8-10-18-44-36)30(24-45-48(5,39)40)23-42-25-34(38)41-4/h6,12-13,21,27,29-33,35-37H,7-11,14-20,22-25H2,1-5H3. The summed E-state index contributed by atoms with van der Waals surface area (Å²) < 4.78 is 65.2. The second kappa shape index (κ2) is 19.7. The van der Waals surface area contributed by atoms with Crippen LogP contribution in [0.2, 0.25) is 0 Å². The molecule has 4 aliphatic rings. The van der Waals surface area contributed by atoms with Crippen LogP contribution in [0.1, 0.15) is 91.4 Å². The molecule has 0 spiro atoms. The van der Waals surface area contributed by atoms with Gasteiger partial charge in [-0.1, -0.05) is 35.5 Å². The molecule has 0 aromatic rings. The van der Waals surface area contributed by atoms with Crippen LogP contribution in [0.5, 0.6) is 0 Å². The van der Waals surface area contributed by atoms with Gasteiger partial charge in [0.15, 0.2) is 12.6 Å². The molecular formula is C37H60O10S. The van der Waals surface area contributed by atoms with E-state index in [1.807, 2.05) is 6.92 Å². The fraction of sp³-hybridized carbons (Fsp3) is 0.811. The average molecular weight is 697 g/mol. The topological polar surface area (TPSA) is 116 Å². The highest BCUT2D eigenvalue weighted by Crippen LogP contribution is 2.54. The van der Waals surface area contributed by atoms with Gasteiger partial charge in [0, 0.05) is 19.1 Å². The van der Waals surface area contributed by atoms with Gasteiger partial charge in [-0.25, -0.2) is 4.79 Å². The van der Waals surface area contributed by atoms with Gasteiger partial charge in [-0.3, -0.25) is 4.18 Å². The number of allylic oxidation sites excluding steroid dienone is 4. The van der Waals surface area contributed by atoms with Crippen LogP contribution in [0.25, 0.3) is 0 Å². The van der Waals surface area contributed by atoms with Crippen molar-refractivity contribution in [1.29, 1.82) is 0 Å². The van der Waals surface area contributed by atoms with Crippen molar-refractivity contribution in [3.63, 3.8) is 0 Å². The number of ether oxygens (including phenoxy) is 6. The summed E-state index contributed by atoms with van der Waals surface area (Å²) in [7, 11) is -2.34. The molecule has 2 heterocycles. The fourth-order valence-corrected chi connectivity index (χ4v) is 8.32. The number of hydrogen-bond acceptors (Lipinski definition) is 10. The number of esters is 1. The van der Waals surface area contributed by atoms with E-state index in [9.17, 15) is 13.2 Å². The Kier molecular flexibility index (Phi) is 16.1. The van der Waals surface area contributed by atoms with Crippen molar-refractivity contribution in [3.8, 4) is 0 Å². The zero-order chi connectivity index (χ0) is 34.5. The Bertz CT molecular complexity index is 1180. The molecule has 11 heteroatoms. The molecule has 0 amide bonds. The molecule has 4 rings (SSSR count). The molecule has 0 aromatic carbocycles. The first kappa shape index (κ1) is 39.2. The lowest BCUT2D eigenvalue weighted by Crippen LogP contribution is -2.37. The summed E-state index contributed by atoms with van der Waals surface area (Å²) in [5.41, 5.74) is 2.43. The maximum atomic E-state index is 12.0. The summed E-state index contributed by atoms with van der Waals surface area (Å²) in [6, 6.07) is 0. The first-order valence-electron chi connectivity index (χ1n) is 18.1. The molecule has 3 fully saturated rings. The molecule has 2 aliphatic carbocycles. The van der Waals surface area contributed by atoms with Crippen LogP contribution >= 0.6 is 0 Å². The SMILES string of the molecule is CC=CC(CC(CCC=C(C)C)C1C(OC2CCCCO2)CC2CC(C(COCC(=O)OC)COS(C)(=O)=O)=CC21)OC1CCCCO1. The van der Waals surface area contributed by atoms with E-state index < -0.39 is 16.1 Å². The van der Waals surface area contributed by atoms with Crippen LogP contribution in [0.15, 0.2) is 35.5 Å². The summed E-state index contributed by atoms with van der Waals surface area (Å²) in [4.78, 5) is 11.8. The molecule has 2 aliphatic heterocycles. The monoisotopic (exact) mass is 696 g/mol. The number of methoxy groups -OCH3 is 1. The lowest BCUT2D eigenvalue weighted by Gasteiger charge is -2.36. The van der Waals surface area contributed by atoms with Crippen molar-refractivity contribution in [3.05, 3.63) is 35.5 Å². The molecule has 9 atom stereocenters. The van der Waals surface area contributed by atoms with E-state index in [1.54, 1.807) is 0 Å². The van der Waals surface area contributed by atoms with E-state index in [0.29, 0.717) is 11.8 Å². The minimum atomic E-state index is -3.66. The zero-order valence-corrected chi connectivity index (χ0v) is 30.6. The van der Waals surface area contributed by atoms with Gasteiger partial charge in [-0.2, -0.15) is 8.42 Å². The maximum absolute atomic E-state index is 12.0. The van der Waals surface area contributed by atoms with Crippen molar-refractivity contribution < 1.29 is 45.8 Å². The molecule has 2 saturated heterocycles.